The van der Waals surface area contributed by atoms with Crippen molar-refractivity contribution in [1.82, 2.24) is 14.5 Å². The summed E-state index contributed by atoms with van der Waals surface area (Å²) in [6.07, 6.45) is 3.74. The summed E-state index contributed by atoms with van der Waals surface area (Å²) in [6, 6.07) is 12.6. The highest BCUT2D eigenvalue weighted by molar-refractivity contribution is 5.72. The van der Waals surface area contributed by atoms with Crippen molar-refractivity contribution in [2.24, 2.45) is 5.73 Å². The zero-order valence-electron chi connectivity index (χ0n) is 14.1. The van der Waals surface area contributed by atoms with Gasteiger partial charge in [-0.3, -0.25) is 0 Å². The monoisotopic (exact) mass is 308 g/mol. The van der Waals surface area contributed by atoms with E-state index in [1.807, 2.05) is 33.0 Å². The molecule has 4 heteroatoms. The fourth-order valence-corrected chi connectivity index (χ4v) is 2.82. The van der Waals surface area contributed by atoms with Crippen LogP contribution in [0.5, 0.6) is 0 Å². The number of hydrogen-bond donors (Lipinski definition) is 1. The van der Waals surface area contributed by atoms with E-state index in [0.29, 0.717) is 6.54 Å². The topological polar surface area (TPSA) is 56.7 Å². The van der Waals surface area contributed by atoms with Crippen molar-refractivity contribution >= 4 is 11.2 Å². The summed E-state index contributed by atoms with van der Waals surface area (Å²) in [6.45, 7) is 6.83. The summed E-state index contributed by atoms with van der Waals surface area (Å²) < 4.78 is 2.18. The Morgan fingerprint density at radius 2 is 1.87 bits per heavy atom. The number of imidazole rings is 1. The SMILES string of the molecule is Cc1cnc2c(c1)nc(CCc1ccccc1)n2CC(C)(C)N. The average molecular weight is 308 g/mol. The summed E-state index contributed by atoms with van der Waals surface area (Å²) in [5.41, 5.74) is 10.3. The number of nitrogens with zero attached hydrogens (tertiary/aromatic N) is 3. The highest BCUT2D eigenvalue weighted by Gasteiger charge is 2.18. The Morgan fingerprint density at radius 1 is 1.13 bits per heavy atom. The number of nitrogens with two attached hydrogens (primary N) is 1. The molecule has 2 N–H and O–H groups in total. The second-order valence-corrected chi connectivity index (χ2v) is 6.94. The summed E-state index contributed by atoms with van der Waals surface area (Å²) >= 11 is 0. The van der Waals surface area contributed by atoms with Crippen molar-refractivity contribution < 1.29 is 0 Å². The van der Waals surface area contributed by atoms with Crippen LogP contribution < -0.4 is 5.73 Å². The number of hydrogen-bond acceptors (Lipinski definition) is 3. The first-order valence-corrected chi connectivity index (χ1v) is 8.07. The molecule has 0 bridgehead atoms. The van der Waals surface area contributed by atoms with Crippen LogP contribution in [0.2, 0.25) is 0 Å². The Morgan fingerprint density at radius 3 is 2.57 bits per heavy atom. The number of aryl methyl sites for hydroxylation is 3. The Kier molecular flexibility index (Phi) is 4.18. The minimum atomic E-state index is -0.304. The number of benzene rings is 1. The van der Waals surface area contributed by atoms with E-state index < -0.39 is 0 Å². The van der Waals surface area contributed by atoms with Crippen molar-refractivity contribution in [3.8, 4) is 0 Å². The van der Waals surface area contributed by atoms with Gasteiger partial charge in [-0.05, 0) is 44.4 Å². The molecule has 120 valence electrons. The number of aromatic nitrogens is 3. The van der Waals surface area contributed by atoms with E-state index in [1.165, 1.54) is 5.56 Å². The van der Waals surface area contributed by atoms with E-state index in [0.717, 1.165) is 35.4 Å². The lowest BCUT2D eigenvalue weighted by Gasteiger charge is -2.21. The van der Waals surface area contributed by atoms with E-state index in [4.69, 9.17) is 10.7 Å². The second-order valence-electron chi connectivity index (χ2n) is 6.94. The zero-order chi connectivity index (χ0) is 16.4. The Hall–Kier alpha value is -2.20. The molecule has 3 aromatic rings. The molecule has 23 heavy (non-hydrogen) atoms. The predicted molar refractivity (Wildman–Crippen MR) is 94.4 cm³/mol. The maximum absolute atomic E-state index is 6.25. The highest BCUT2D eigenvalue weighted by atomic mass is 15.1. The molecule has 2 heterocycles. The molecule has 0 fully saturated rings. The fourth-order valence-electron chi connectivity index (χ4n) is 2.82. The second kappa shape index (κ2) is 6.13. The minimum absolute atomic E-state index is 0.304. The summed E-state index contributed by atoms with van der Waals surface area (Å²) in [7, 11) is 0. The maximum Gasteiger partial charge on any atom is 0.160 e. The first kappa shape index (κ1) is 15.7. The molecule has 0 aliphatic rings. The molecule has 0 radical (unpaired) electrons. The minimum Gasteiger partial charge on any atom is -0.324 e. The Bertz CT molecular complexity index is 797. The summed E-state index contributed by atoms with van der Waals surface area (Å²) in [5, 5.41) is 0. The Balaban J connectivity index is 1.95. The molecule has 1 aromatic carbocycles. The summed E-state index contributed by atoms with van der Waals surface area (Å²) in [5.74, 6) is 1.06. The molecule has 0 atom stereocenters. The van der Waals surface area contributed by atoms with Crippen LogP contribution in [0.4, 0.5) is 0 Å². The van der Waals surface area contributed by atoms with Crippen LogP contribution in [-0.4, -0.2) is 20.1 Å². The predicted octanol–water partition coefficient (Wildman–Crippen LogP) is 3.26. The number of pyridine rings is 1. The molecular weight excluding hydrogens is 284 g/mol. The van der Waals surface area contributed by atoms with E-state index in [2.05, 4.69) is 39.9 Å². The fraction of sp³-hybridized carbons (Fsp3) is 0.368. The first-order valence-electron chi connectivity index (χ1n) is 8.07. The molecule has 0 saturated carbocycles. The van der Waals surface area contributed by atoms with Gasteiger partial charge in [-0.2, -0.15) is 0 Å². The lowest BCUT2D eigenvalue weighted by molar-refractivity contribution is 0.430. The van der Waals surface area contributed by atoms with Gasteiger partial charge >= 0.3 is 0 Å². The van der Waals surface area contributed by atoms with Crippen LogP contribution in [0.25, 0.3) is 11.2 Å². The third kappa shape index (κ3) is 3.77. The van der Waals surface area contributed by atoms with Gasteiger partial charge in [-0.1, -0.05) is 30.3 Å². The van der Waals surface area contributed by atoms with Gasteiger partial charge in [-0.15, -0.1) is 0 Å². The lowest BCUT2D eigenvalue weighted by atomic mass is 10.1. The van der Waals surface area contributed by atoms with Crippen LogP contribution in [0, 0.1) is 6.92 Å². The molecule has 0 saturated heterocycles. The van der Waals surface area contributed by atoms with Gasteiger partial charge in [0.2, 0.25) is 0 Å². The largest absolute Gasteiger partial charge is 0.324 e. The van der Waals surface area contributed by atoms with E-state index >= 15 is 0 Å². The van der Waals surface area contributed by atoms with Crippen molar-refractivity contribution in [2.45, 2.75) is 45.7 Å². The van der Waals surface area contributed by atoms with Crippen molar-refractivity contribution in [2.75, 3.05) is 0 Å². The van der Waals surface area contributed by atoms with Gasteiger partial charge in [0.1, 0.15) is 11.3 Å². The van der Waals surface area contributed by atoms with Crippen LogP contribution in [-0.2, 0) is 19.4 Å². The summed E-state index contributed by atoms with van der Waals surface area (Å²) in [4.78, 5) is 9.40. The molecule has 0 unspecified atom stereocenters. The average Bonchev–Trinajstić information content (AvgIpc) is 2.81. The van der Waals surface area contributed by atoms with Crippen molar-refractivity contribution in [1.29, 1.82) is 0 Å². The third-order valence-corrected chi connectivity index (χ3v) is 3.85. The molecule has 0 amide bonds. The molecule has 0 spiro atoms. The van der Waals surface area contributed by atoms with Gasteiger partial charge in [0.05, 0.1) is 0 Å². The smallest absolute Gasteiger partial charge is 0.160 e. The van der Waals surface area contributed by atoms with Crippen molar-refractivity contribution in [3.63, 3.8) is 0 Å². The number of fused-ring (bicyclic) bond motifs is 1. The van der Waals surface area contributed by atoms with E-state index in [-0.39, 0.29) is 5.54 Å². The normalized spacial score (nSPS) is 12.0. The van der Waals surface area contributed by atoms with Crippen LogP contribution in [0.15, 0.2) is 42.6 Å². The van der Waals surface area contributed by atoms with Crippen LogP contribution >= 0.6 is 0 Å². The van der Waals surface area contributed by atoms with Gasteiger partial charge in [0.15, 0.2) is 5.65 Å². The van der Waals surface area contributed by atoms with Gasteiger partial charge in [0.25, 0.3) is 0 Å². The van der Waals surface area contributed by atoms with Gasteiger partial charge in [-0.25, -0.2) is 9.97 Å². The zero-order valence-corrected chi connectivity index (χ0v) is 14.1. The van der Waals surface area contributed by atoms with Crippen LogP contribution in [0.3, 0.4) is 0 Å². The van der Waals surface area contributed by atoms with E-state index in [9.17, 15) is 0 Å². The molecular formula is C19H24N4. The van der Waals surface area contributed by atoms with Gasteiger partial charge in [0, 0.05) is 24.7 Å². The molecule has 4 nitrogen and oxygen atoms in total. The number of rotatable bonds is 5. The standard InChI is InChI=1S/C19H24N4/c1-14-11-16-18(21-12-14)23(13-19(2,3)20)17(22-16)10-9-15-7-5-4-6-8-15/h4-8,11-12H,9-10,13,20H2,1-3H3. The maximum atomic E-state index is 6.25. The molecule has 3 rings (SSSR count). The first-order chi connectivity index (χ1) is 10.9. The Labute approximate surface area is 137 Å². The lowest BCUT2D eigenvalue weighted by Crippen LogP contribution is -2.37. The molecule has 0 aliphatic heterocycles. The van der Waals surface area contributed by atoms with Crippen molar-refractivity contribution in [3.05, 3.63) is 59.5 Å². The van der Waals surface area contributed by atoms with Gasteiger partial charge < -0.3 is 10.3 Å². The molecule has 0 aliphatic carbocycles. The third-order valence-electron chi connectivity index (χ3n) is 3.85. The van der Waals surface area contributed by atoms with Crippen LogP contribution in [0.1, 0.15) is 30.8 Å². The quantitative estimate of drug-likeness (QED) is 0.787. The van der Waals surface area contributed by atoms with E-state index in [1.54, 1.807) is 0 Å². The molecule has 2 aromatic heterocycles. The highest BCUT2D eigenvalue weighted by Crippen LogP contribution is 2.19.